The van der Waals surface area contributed by atoms with Crippen molar-refractivity contribution in [2.24, 2.45) is 11.1 Å². The maximum Gasteiger partial charge on any atom is 0.238 e. The minimum atomic E-state index is -3.79. The Morgan fingerprint density at radius 1 is 1.40 bits per heavy atom. The highest BCUT2D eigenvalue weighted by Crippen LogP contribution is 2.22. The summed E-state index contributed by atoms with van der Waals surface area (Å²) in [5.41, 5.74) is 0.906. The number of hydrogen-bond donors (Lipinski definition) is 3. The van der Waals surface area contributed by atoms with Crippen LogP contribution in [-0.4, -0.2) is 27.4 Å². The van der Waals surface area contributed by atoms with E-state index in [2.05, 4.69) is 10.6 Å². The van der Waals surface area contributed by atoms with E-state index < -0.39 is 10.0 Å². The minimum absolute atomic E-state index is 0.0228. The van der Waals surface area contributed by atoms with Crippen LogP contribution in [0.4, 0.5) is 5.69 Å². The molecule has 1 atom stereocenters. The summed E-state index contributed by atoms with van der Waals surface area (Å²) in [6.07, 6.45) is 0. The Hall–Kier alpha value is -1.44. The molecule has 1 unspecified atom stereocenters. The maximum absolute atomic E-state index is 12.0. The molecule has 0 fully saturated rings. The van der Waals surface area contributed by atoms with Crippen LogP contribution in [0.25, 0.3) is 0 Å². The molecule has 112 valence electrons. The van der Waals surface area contributed by atoms with E-state index in [4.69, 9.17) is 5.14 Å². The fraction of sp³-hybridized carbons (Fsp3) is 0.462. The van der Waals surface area contributed by atoms with Gasteiger partial charge in [-0.25, -0.2) is 13.6 Å². The number of rotatable bonds is 6. The molecule has 1 rings (SSSR count). The Bertz CT molecular complexity index is 585. The molecule has 0 bridgehead atoms. The molecule has 1 aromatic carbocycles. The third kappa shape index (κ3) is 4.29. The normalized spacial score (nSPS) is 13.0. The topological polar surface area (TPSA) is 101 Å². The van der Waals surface area contributed by atoms with Crippen LogP contribution in [-0.2, 0) is 14.8 Å². The van der Waals surface area contributed by atoms with Crippen molar-refractivity contribution >= 4 is 21.6 Å². The van der Waals surface area contributed by atoms with E-state index in [9.17, 15) is 13.2 Å². The molecule has 0 radical (unpaired) electrons. The summed E-state index contributed by atoms with van der Waals surface area (Å²) in [7, 11) is -3.79. The number of carbonyl (C=O) groups excluding carboxylic acids is 1. The van der Waals surface area contributed by atoms with Crippen molar-refractivity contribution in [3.63, 3.8) is 0 Å². The summed E-state index contributed by atoms with van der Waals surface area (Å²) in [6, 6.07) is 4.63. The molecule has 0 aromatic heterocycles. The van der Waals surface area contributed by atoms with E-state index in [-0.39, 0.29) is 16.7 Å². The van der Waals surface area contributed by atoms with E-state index >= 15 is 0 Å². The fourth-order valence-corrected chi connectivity index (χ4v) is 2.57. The SMILES string of the molecule is CCNCC(C)C(=O)Nc1cccc(S(N)(=O)=O)c1C. The molecule has 0 heterocycles. The Morgan fingerprint density at radius 2 is 2.05 bits per heavy atom. The lowest BCUT2D eigenvalue weighted by atomic mass is 10.1. The number of nitrogens with one attached hydrogen (secondary N) is 2. The van der Waals surface area contributed by atoms with Crippen LogP contribution in [0, 0.1) is 12.8 Å². The van der Waals surface area contributed by atoms with Crippen molar-refractivity contribution in [2.75, 3.05) is 18.4 Å². The number of benzene rings is 1. The number of nitrogens with two attached hydrogens (primary N) is 1. The molecule has 0 spiro atoms. The third-order valence-corrected chi connectivity index (χ3v) is 4.05. The Labute approximate surface area is 119 Å². The maximum atomic E-state index is 12.0. The predicted octanol–water partition coefficient (Wildman–Crippen LogP) is 0.827. The van der Waals surface area contributed by atoms with Crippen LogP contribution >= 0.6 is 0 Å². The number of carbonyl (C=O) groups is 1. The van der Waals surface area contributed by atoms with Crippen molar-refractivity contribution in [1.82, 2.24) is 5.32 Å². The van der Waals surface area contributed by atoms with Gasteiger partial charge < -0.3 is 10.6 Å². The first-order valence-corrected chi connectivity index (χ1v) is 7.96. The average Bonchev–Trinajstić information content (AvgIpc) is 2.36. The van der Waals surface area contributed by atoms with Gasteiger partial charge in [-0.05, 0) is 31.2 Å². The lowest BCUT2D eigenvalue weighted by molar-refractivity contribution is -0.119. The van der Waals surface area contributed by atoms with Gasteiger partial charge in [0.05, 0.1) is 4.90 Å². The molecule has 0 saturated heterocycles. The smallest absolute Gasteiger partial charge is 0.238 e. The number of primary sulfonamides is 1. The molecule has 0 aliphatic heterocycles. The summed E-state index contributed by atoms with van der Waals surface area (Å²) in [6.45, 7) is 6.74. The van der Waals surface area contributed by atoms with Gasteiger partial charge in [-0.1, -0.05) is 19.9 Å². The molecule has 20 heavy (non-hydrogen) atoms. The first kappa shape index (κ1) is 16.6. The molecule has 0 saturated carbocycles. The monoisotopic (exact) mass is 299 g/mol. The third-order valence-electron chi connectivity index (χ3n) is 3.00. The summed E-state index contributed by atoms with van der Waals surface area (Å²) in [5, 5.41) is 11.0. The molecule has 1 amide bonds. The largest absolute Gasteiger partial charge is 0.326 e. The number of sulfonamides is 1. The van der Waals surface area contributed by atoms with Gasteiger partial charge in [-0.15, -0.1) is 0 Å². The van der Waals surface area contributed by atoms with Gasteiger partial charge in [0.25, 0.3) is 0 Å². The number of hydrogen-bond acceptors (Lipinski definition) is 4. The van der Waals surface area contributed by atoms with Gasteiger partial charge in [0.2, 0.25) is 15.9 Å². The lowest BCUT2D eigenvalue weighted by Crippen LogP contribution is -2.30. The van der Waals surface area contributed by atoms with E-state index in [0.29, 0.717) is 17.8 Å². The minimum Gasteiger partial charge on any atom is -0.326 e. The summed E-state index contributed by atoms with van der Waals surface area (Å²) in [5.74, 6) is -0.381. The fourth-order valence-electron chi connectivity index (χ4n) is 1.77. The van der Waals surface area contributed by atoms with Crippen molar-refractivity contribution in [2.45, 2.75) is 25.7 Å². The first-order valence-electron chi connectivity index (χ1n) is 6.41. The molecule has 1 aromatic rings. The second-order valence-corrected chi connectivity index (χ2v) is 6.20. The van der Waals surface area contributed by atoms with Crippen LogP contribution in [0.15, 0.2) is 23.1 Å². The van der Waals surface area contributed by atoms with Crippen LogP contribution in [0.2, 0.25) is 0 Å². The molecular weight excluding hydrogens is 278 g/mol. The Morgan fingerprint density at radius 3 is 2.60 bits per heavy atom. The van der Waals surface area contributed by atoms with Crippen molar-refractivity contribution < 1.29 is 13.2 Å². The lowest BCUT2D eigenvalue weighted by Gasteiger charge is -2.15. The highest BCUT2D eigenvalue weighted by Gasteiger charge is 2.17. The number of anilines is 1. The molecular formula is C13H21N3O3S. The Balaban J connectivity index is 2.91. The summed E-state index contributed by atoms with van der Waals surface area (Å²) >= 11 is 0. The van der Waals surface area contributed by atoms with Crippen molar-refractivity contribution in [3.05, 3.63) is 23.8 Å². The van der Waals surface area contributed by atoms with Crippen molar-refractivity contribution in [3.8, 4) is 0 Å². The van der Waals surface area contributed by atoms with Crippen molar-refractivity contribution in [1.29, 1.82) is 0 Å². The summed E-state index contributed by atoms with van der Waals surface area (Å²) in [4.78, 5) is 12.0. The second kappa shape index (κ2) is 6.83. The van der Waals surface area contributed by atoms with Gasteiger partial charge in [0, 0.05) is 18.2 Å². The van der Waals surface area contributed by atoms with Gasteiger partial charge in [0.1, 0.15) is 0 Å². The number of amides is 1. The zero-order valence-electron chi connectivity index (χ0n) is 11.9. The van der Waals surface area contributed by atoms with Gasteiger partial charge in [-0.2, -0.15) is 0 Å². The molecule has 6 nitrogen and oxygen atoms in total. The zero-order chi connectivity index (χ0) is 15.3. The summed E-state index contributed by atoms with van der Waals surface area (Å²) < 4.78 is 22.8. The van der Waals surface area contributed by atoms with Crippen LogP contribution in [0.3, 0.4) is 0 Å². The van der Waals surface area contributed by atoms with E-state index in [1.165, 1.54) is 6.07 Å². The zero-order valence-corrected chi connectivity index (χ0v) is 12.8. The molecule has 7 heteroatoms. The van der Waals surface area contributed by atoms with Crippen LogP contribution in [0.1, 0.15) is 19.4 Å². The molecule has 4 N–H and O–H groups in total. The van der Waals surface area contributed by atoms with E-state index in [1.807, 2.05) is 6.92 Å². The molecule has 0 aliphatic carbocycles. The average molecular weight is 299 g/mol. The Kier molecular flexibility index (Phi) is 5.67. The van der Waals surface area contributed by atoms with Gasteiger partial charge in [-0.3, -0.25) is 4.79 Å². The van der Waals surface area contributed by atoms with Crippen LogP contribution < -0.4 is 15.8 Å². The van der Waals surface area contributed by atoms with Gasteiger partial charge in [0.15, 0.2) is 0 Å². The predicted molar refractivity (Wildman–Crippen MR) is 78.9 cm³/mol. The standard InChI is InChI=1S/C13H21N3O3S/c1-4-15-8-9(2)13(17)16-11-6-5-7-12(10(11)3)20(14,18)19/h5-7,9,15H,4,8H2,1-3H3,(H,16,17)(H2,14,18,19). The highest BCUT2D eigenvalue weighted by molar-refractivity contribution is 7.89. The van der Waals surface area contributed by atoms with Crippen LogP contribution in [0.5, 0.6) is 0 Å². The van der Waals surface area contributed by atoms with Gasteiger partial charge >= 0.3 is 0 Å². The highest BCUT2D eigenvalue weighted by atomic mass is 32.2. The molecule has 0 aliphatic rings. The van der Waals surface area contributed by atoms with E-state index in [0.717, 1.165) is 6.54 Å². The first-order chi connectivity index (χ1) is 9.27. The second-order valence-electron chi connectivity index (χ2n) is 4.67. The quantitative estimate of drug-likeness (QED) is 0.724. The van der Waals surface area contributed by atoms with E-state index in [1.54, 1.807) is 26.0 Å².